The van der Waals surface area contributed by atoms with Gasteiger partial charge in [0.1, 0.15) is 0 Å². The minimum Gasteiger partial charge on any atom is -0.478 e. The molecule has 142 valence electrons. The molecule has 28 heavy (non-hydrogen) atoms. The predicted molar refractivity (Wildman–Crippen MR) is 103 cm³/mol. The number of nitrogens with one attached hydrogen (secondary N) is 1. The maximum Gasteiger partial charge on any atom is 0.336 e. The summed E-state index contributed by atoms with van der Waals surface area (Å²) >= 11 is 0. The second-order valence-electron chi connectivity index (χ2n) is 6.45. The Morgan fingerprint density at radius 2 is 1.68 bits per heavy atom. The molecular formula is C21H19N3O4. The molecule has 0 spiro atoms. The SMILES string of the molecule is O=C(O)c1ccc(C(=O)N2CCOCC2)c(-c2ccccc2)c1-c1cc[nH]n1. The molecule has 4 rings (SSSR count). The fourth-order valence-corrected chi connectivity index (χ4v) is 3.47. The van der Waals surface area contributed by atoms with Crippen molar-refractivity contribution < 1.29 is 19.4 Å². The number of rotatable bonds is 4. The minimum absolute atomic E-state index is 0.101. The normalized spacial score (nSPS) is 14.1. The number of aromatic nitrogens is 2. The number of carbonyl (C=O) groups excluding carboxylic acids is 1. The van der Waals surface area contributed by atoms with Crippen molar-refractivity contribution in [3.63, 3.8) is 0 Å². The van der Waals surface area contributed by atoms with Crippen molar-refractivity contribution in [2.45, 2.75) is 0 Å². The Morgan fingerprint density at radius 1 is 0.964 bits per heavy atom. The summed E-state index contributed by atoms with van der Waals surface area (Å²) in [6.45, 7) is 1.99. The lowest BCUT2D eigenvalue weighted by molar-refractivity contribution is 0.0303. The number of aromatic carboxylic acids is 1. The number of benzene rings is 2. The third-order valence-electron chi connectivity index (χ3n) is 4.78. The number of H-pyrrole nitrogens is 1. The molecule has 1 fully saturated rings. The van der Waals surface area contributed by atoms with Crippen LogP contribution in [0.4, 0.5) is 0 Å². The number of nitrogens with zero attached hydrogens (tertiary/aromatic N) is 2. The number of morpholine rings is 1. The lowest BCUT2D eigenvalue weighted by Gasteiger charge is -2.28. The zero-order chi connectivity index (χ0) is 19.5. The zero-order valence-electron chi connectivity index (χ0n) is 15.1. The molecular weight excluding hydrogens is 358 g/mol. The first-order valence-corrected chi connectivity index (χ1v) is 8.99. The predicted octanol–water partition coefficient (Wildman–Crippen LogP) is 2.91. The highest BCUT2D eigenvalue weighted by molar-refractivity contribution is 6.09. The summed E-state index contributed by atoms with van der Waals surface area (Å²) in [5.41, 5.74) is 2.80. The van der Waals surface area contributed by atoms with Crippen LogP contribution in [0.3, 0.4) is 0 Å². The van der Waals surface area contributed by atoms with Crippen molar-refractivity contribution in [2.24, 2.45) is 0 Å². The molecule has 1 aromatic heterocycles. The van der Waals surface area contributed by atoms with E-state index in [0.717, 1.165) is 5.56 Å². The van der Waals surface area contributed by atoms with Gasteiger partial charge in [0.15, 0.2) is 0 Å². The average molecular weight is 377 g/mol. The number of hydrogen-bond donors (Lipinski definition) is 2. The number of carbonyl (C=O) groups is 2. The summed E-state index contributed by atoms with van der Waals surface area (Å²) in [4.78, 5) is 27.0. The first kappa shape index (κ1) is 17.9. The van der Waals surface area contributed by atoms with Gasteiger partial charge in [0, 0.05) is 36.0 Å². The van der Waals surface area contributed by atoms with Crippen molar-refractivity contribution in [2.75, 3.05) is 26.3 Å². The molecule has 2 heterocycles. The van der Waals surface area contributed by atoms with Crippen molar-refractivity contribution in [1.29, 1.82) is 0 Å². The first-order valence-electron chi connectivity index (χ1n) is 8.99. The van der Waals surface area contributed by atoms with Crippen molar-refractivity contribution in [1.82, 2.24) is 15.1 Å². The van der Waals surface area contributed by atoms with Gasteiger partial charge in [-0.3, -0.25) is 9.89 Å². The molecule has 0 bridgehead atoms. The second kappa shape index (κ2) is 7.66. The molecule has 3 aromatic rings. The van der Waals surface area contributed by atoms with Gasteiger partial charge in [-0.2, -0.15) is 5.10 Å². The van der Waals surface area contributed by atoms with Crippen LogP contribution < -0.4 is 0 Å². The maximum absolute atomic E-state index is 13.3. The molecule has 1 saturated heterocycles. The second-order valence-corrected chi connectivity index (χ2v) is 6.45. The van der Waals surface area contributed by atoms with Gasteiger partial charge in [-0.25, -0.2) is 4.79 Å². The zero-order valence-corrected chi connectivity index (χ0v) is 15.1. The Labute approximate surface area is 161 Å². The number of amides is 1. The van der Waals surface area contributed by atoms with Crippen LogP contribution >= 0.6 is 0 Å². The Hall–Kier alpha value is -3.45. The van der Waals surface area contributed by atoms with Gasteiger partial charge >= 0.3 is 5.97 Å². The maximum atomic E-state index is 13.3. The highest BCUT2D eigenvalue weighted by atomic mass is 16.5. The van der Waals surface area contributed by atoms with Crippen LogP contribution in [0.15, 0.2) is 54.7 Å². The van der Waals surface area contributed by atoms with Crippen LogP contribution in [0.5, 0.6) is 0 Å². The molecule has 1 aliphatic heterocycles. The summed E-state index contributed by atoms with van der Waals surface area (Å²) in [6, 6.07) is 14.1. The molecule has 0 aliphatic carbocycles. The molecule has 1 aliphatic rings. The van der Waals surface area contributed by atoms with Crippen LogP contribution in [0, 0.1) is 0 Å². The lowest BCUT2D eigenvalue weighted by Crippen LogP contribution is -2.41. The van der Waals surface area contributed by atoms with E-state index in [1.54, 1.807) is 23.2 Å². The molecule has 2 N–H and O–H groups in total. The summed E-state index contributed by atoms with van der Waals surface area (Å²) in [7, 11) is 0. The molecule has 0 unspecified atom stereocenters. The van der Waals surface area contributed by atoms with Gasteiger partial charge in [0.05, 0.1) is 24.5 Å². The summed E-state index contributed by atoms with van der Waals surface area (Å²) in [5.74, 6) is -1.21. The van der Waals surface area contributed by atoms with E-state index in [4.69, 9.17) is 4.74 Å². The van der Waals surface area contributed by atoms with Crippen LogP contribution in [0.2, 0.25) is 0 Å². The Morgan fingerprint density at radius 3 is 2.32 bits per heavy atom. The first-order chi connectivity index (χ1) is 13.7. The third-order valence-corrected chi connectivity index (χ3v) is 4.78. The number of hydrogen-bond acceptors (Lipinski definition) is 4. The summed E-state index contributed by atoms with van der Waals surface area (Å²) < 4.78 is 5.35. The van der Waals surface area contributed by atoms with Crippen molar-refractivity contribution in [3.05, 3.63) is 65.9 Å². The highest BCUT2D eigenvalue weighted by Crippen LogP contribution is 2.37. The van der Waals surface area contributed by atoms with E-state index in [-0.39, 0.29) is 11.5 Å². The fourth-order valence-electron chi connectivity index (χ4n) is 3.47. The molecule has 0 radical (unpaired) electrons. The Kier molecular flexibility index (Phi) is 4.90. The molecule has 0 saturated carbocycles. The van der Waals surface area contributed by atoms with E-state index in [0.29, 0.717) is 48.7 Å². The van der Waals surface area contributed by atoms with Gasteiger partial charge in [-0.1, -0.05) is 30.3 Å². The molecule has 0 atom stereocenters. The average Bonchev–Trinajstić information content (AvgIpc) is 3.28. The van der Waals surface area contributed by atoms with E-state index in [9.17, 15) is 14.7 Å². The highest BCUT2D eigenvalue weighted by Gasteiger charge is 2.27. The smallest absolute Gasteiger partial charge is 0.336 e. The number of carboxylic acid groups (broad SMARTS) is 1. The van der Waals surface area contributed by atoms with Gasteiger partial charge in [0.25, 0.3) is 5.91 Å². The summed E-state index contributed by atoms with van der Waals surface area (Å²) in [6.07, 6.45) is 1.63. The summed E-state index contributed by atoms with van der Waals surface area (Å²) in [5, 5.41) is 16.7. The molecule has 2 aromatic carbocycles. The van der Waals surface area contributed by atoms with Crippen LogP contribution in [0.1, 0.15) is 20.7 Å². The van der Waals surface area contributed by atoms with E-state index < -0.39 is 5.97 Å². The standard InChI is InChI=1S/C21H19N3O4/c25-20(24-10-12-28-13-11-24)15-6-7-16(21(26)27)19(17-8-9-22-23-17)18(15)14-4-2-1-3-5-14/h1-9H,10-13H2,(H,22,23)(H,26,27). The van der Waals surface area contributed by atoms with E-state index in [1.807, 2.05) is 30.3 Å². The van der Waals surface area contributed by atoms with Crippen LogP contribution in [-0.4, -0.2) is 58.4 Å². The van der Waals surface area contributed by atoms with Crippen LogP contribution in [0.25, 0.3) is 22.4 Å². The third kappa shape index (κ3) is 3.27. The van der Waals surface area contributed by atoms with E-state index >= 15 is 0 Å². The van der Waals surface area contributed by atoms with Gasteiger partial charge in [-0.15, -0.1) is 0 Å². The van der Waals surface area contributed by atoms with Gasteiger partial charge in [0.2, 0.25) is 0 Å². The van der Waals surface area contributed by atoms with E-state index in [2.05, 4.69) is 10.2 Å². The van der Waals surface area contributed by atoms with Crippen molar-refractivity contribution >= 4 is 11.9 Å². The van der Waals surface area contributed by atoms with Crippen molar-refractivity contribution in [3.8, 4) is 22.4 Å². The lowest BCUT2D eigenvalue weighted by atomic mass is 9.88. The molecule has 1 amide bonds. The fraction of sp³-hybridized carbons (Fsp3) is 0.190. The number of aromatic amines is 1. The number of ether oxygens (including phenoxy) is 1. The van der Waals surface area contributed by atoms with E-state index in [1.165, 1.54) is 6.07 Å². The van der Waals surface area contributed by atoms with Gasteiger partial charge in [-0.05, 0) is 23.8 Å². The Balaban J connectivity index is 1.97. The minimum atomic E-state index is -1.07. The molecule has 7 nitrogen and oxygen atoms in total. The van der Waals surface area contributed by atoms with Gasteiger partial charge < -0.3 is 14.7 Å². The van der Waals surface area contributed by atoms with Crippen LogP contribution in [-0.2, 0) is 4.74 Å². The topological polar surface area (TPSA) is 95.5 Å². The quantitative estimate of drug-likeness (QED) is 0.729. The largest absolute Gasteiger partial charge is 0.478 e. The molecule has 7 heteroatoms. The Bertz CT molecular complexity index is 994. The monoisotopic (exact) mass is 377 g/mol. The number of carboxylic acids is 1.